The number of aliphatic hydroxyl groups is 2. The monoisotopic (exact) mass is 596 g/mol. The average Bonchev–Trinajstić information content (AvgIpc) is 3.24. The number of hydrogen-bond donors (Lipinski definition) is 2. The van der Waals surface area contributed by atoms with Crippen molar-refractivity contribution in [3.63, 3.8) is 0 Å². The molecule has 31 heavy (non-hydrogen) atoms. The number of rotatable bonds is 4. The second-order valence-corrected chi connectivity index (χ2v) is 14.3. The van der Waals surface area contributed by atoms with E-state index in [1.165, 1.54) is 12.8 Å². The van der Waals surface area contributed by atoms with Crippen LogP contribution >= 0.6 is 0 Å². The molecule has 0 radical (unpaired) electrons. The summed E-state index contributed by atoms with van der Waals surface area (Å²) in [5.74, 6) is -5.13. The summed E-state index contributed by atoms with van der Waals surface area (Å²) in [6, 6.07) is 0. The number of allylic oxidation sites excluding steroid dienone is 8. The molecule has 0 amide bonds. The Morgan fingerprint density at radius 2 is 1.06 bits per heavy atom. The number of carbonyl (C=O) groups is 2. The Morgan fingerprint density at radius 3 is 1.26 bits per heavy atom. The topological polar surface area (TPSA) is 121 Å². The molecule has 0 spiro atoms. The second-order valence-electron chi connectivity index (χ2n) is 9.09. The summed E-state index contributed by atoms with van der Waals surface area (Å²) in [6.45, 7) is 19.4. The number of carbonyl (C=O) groups excluding carboxylic acids is 2. The van der Waals surface area contributed by atoms with Crippen molar-refractivity contribution in [2.75, 3.05) is 0 Å². The zero-order valence-corrected chi connectivity index (χ0v) is 22.8. The van der Waals surface area contributed by atoms with E-state index in [2.05, 4.69) is 79.0 Å². The molecule has 2 rings (SSSR count). The molecule has 2 N–H and O–H groups in total. The molecule has 0 heterocycles. The molecule has 0 aromatic rings. The van der Waals surface area contributed by atoms with Crippen LogP contribution in [0.2, 0.25) is 0 Å². The van der Waals surface area contributed by atoms with E-state index in [0.717, 1.165) is 0 Å². The van der Waals surface area contributed by atoms with Crippen molar-refractivity contribution >= 4 is 11.9 Å². The fraction of sp³-hybridized carbons (Fsp3) is 0.417. The predicted molar refractivity (Wildman–Crippen MR) is 114 cm³/mol. The van der Waals surface area contributed by atoms with Gasteiger partial charge in [-0.05, 0) is 0 Å². The first-order chi connectivity index (χ1) is 14.0. The summed E-state index contributed by atoms with van der Waals surface area (Å²) in [5.41, 5.74) is 3.93. The van der Waals surface area contributed by atoms with Gasteiger partial charge in [0, 0.05) is 0 Å². The van der Waals surface area contributed by atoms with Gasteiger partial charge < -0.3 is 30.0 Å². The molecular weight excluding hydrogens is 563 g/mol. The van der Waals surface area contributed by atoms with E-state index in [4.69, 9.17) is 10.2 Å². The van der Waals surface area contributed by atoms with Crippen molar-refractivity contribution in [3.8, 4) is 0 Å². The van der Waals surface area contributed by atoms with Gasteiger partial charge in [0.05, 0.1) is 0 Å². The van der Waals surface area contributed by atoms with Crippen LogP contribution in [-0.4, -0.2) is 22.2 Å². The number of aliphatic carboxylic acids is 2. The van der Waals surface area contributed by atoms with Crippen LogP contribution in [0.15, 0.2) is 66.8 Å². The molecule has 0 fully saturated rings. The van der Waals surface area contributed by atoms with Crippen LogP contribution in [0.5, 0.6) is 0 Å². The molecule has 0 aromatic carbocycles. The van der Waals surface area contributed by atoms with E-state index in [1.807, 2.05) is 6.66 Å². The maximum atomic E-state index is 9.24. The Hall–Kier alpha value is -2.15. The second kappa shape index (κ2) is 12.0. The molecule has 2 aliphatic rings. The minimum atomic E-state index is -1.63. The first kappa shape index (κ1) is 28.9. The van der Waals surface area contributed by atoms with Gasteiger partial charge in [0.1, 0.15) is 23.5 Å². The Labute approximate surface area is 196 Å². The first-order valence-corrected chi connectivity index (χ1v) is 13.3. The molecular formula is C24H32HfO6. The van der Waals surface area contributed by atoms with Crippen molar-refractivity contribution in [2.24, 2.45) is 10.8 Å². The standard InChI is InChI=1S/2C9H13.2C3H4O3.Hf/c2*1-9(2,3)8-6-4-5-7-8;2*1-2(4)3(5)6;/h2*4,6H,5H2,1-3H3;2*4H,1H2,(H,5,6);/q;;;;+2/p-2. The number of aliphatic hydroxyl groups excluding tert-OH is 2. The Kier molecular flexibility index (Phi) is 11.2. The van der Waals surface area contributed by atoms with E-state index < -0.39 is 46.4 Å². The first-order valence-electron chi connectivity index (χ1n) is 9.74. The molecule has 0 atom stereocenters. The fourth-order valence-electron chi connectivity index (χ4n) is 2.83. The summed E-state index contributed by atoms with van der Waals surface area (Å²) < 4.78 is 3.65. The fourth-order valence-corrected chi connectivity index (χ4v) is 9.98. The van der Waals surface area contributed by atoms with Gasteiger partial charge in [0.15, 0.2) is 0 Å². The molecule has 7 heteroatoms. The number of hydrogen-bond acceptors (Lipinski definition) is 6. The van der Waals surface area contributed by atoms with Gasteiger partial charge in [-0.2, -0.15) is 0 Å². The van der Waals surface area contributed by atoms with Gasteiger partial charge in [-0.15, -0.1) is 0 Å². The van der Waals surface area contributed by atoms with Gasteiger partial charge in [-0.1, -0.05) is 13.2 Å². The SMILES string of the molecule is C=C(O)C(=O)[O-].C=C(O)C(=O)[O-].CC(C)(C)C1=[C]([Hf+2][C]2=C(C(C)(C)C)C=CC2)CC=C1. The number of carboxylic acids is 2. The molecule has 2 aliphatic carbocycles. The van der Waals surface area contributed by atoms with Crippen molar-refractivity contribution < 1.29 is 52.9 Å². The third-order valence-corrected chi connectivity index (χ3v) is 9.82. The van der Waals surface area contributed by atoms with Crippen LogP contribution < -0.4 is 10.2 Å². The Bertz CT molecular complexity index is 748. The van der Waals surface area contributed by atoms with Crippen LogP contribution in [0.3, 0.4) is 0 Å². The van der Waals surface area contributed by atoms with Crippen LogP contribution in [0.4, 0.5) is 0 Å². The van der Waals surface area contributed by atoms with Crippen molar-refractivity contribution in [1.29, 1.82) is 0 Å². The van der Waals surface area contributed by atoms with Crippen LogP contribution in [0.1, 0.15) is 54.4 Å². The quantitative estimate of drug-likeness (QED) is 0.293. The summed E-state index contributed by atoms with van der Waals surface area (Å²) in [4.78, 5) is 18.5. The third kappa shape index (κ3) is 10.6. The Morgan fingerprint density at radius 1 is 0.806 bits per heavy atom. The van der Waals surface area contributed by atoms with E-state index >= 15 is 0 Å². The summed E-state index contributed by atoms with van der Waals surface area (Å²) in [6.07, 6.45) is 12.0. The van der Waals surface area contributed by atoms with Crippen LogP contribution in [0, 0.1) is 10.8 Å². The van der Waals surface area contributed by atoms with E-state index in [-0.39, 0.29) is 0 Å². The Balaban J connectivity index is 0.000000620. The van der Waals surface area contributed by atoms with Crippen molar-refractivity contribution in [2.45, 2.75) is 54.4 Å². The molecule has 0 unspecified atom stereocenters. The van der Waals surface area contributed by atoms with Crippen molar-refractivity contribution in [1.82, 2.24) is 0 Å². The zero-order chi connectivity index (χ0) is 24.6. The predicted octanol–water partition coefficient (Wildman–Crippen LogP) is 3.21. The molecule has 0 saturated heterocycles. The maximum absolute atomic E-state index is 9.24. The molecule has 0 bridgehead atoms. The summed E-state index contributed by atoms with van der Waals surface area (Å²) in [5, 5.41) is 34.0. The van der Waals surface area contributed by atoms with E-state index in [1.54, 1.807) is 11.1 Å². The molecule has 6 nitrogen and oxygen atoms in total. The van der Waals surface area contributed by atoms with E-state index in [9.17, 15) is 19.8 Å². The normalized spacial score (nSPS) is 14.9. The summed E-state index contributed by atoms with van der Waals surface area (Å²) in [7, 11) is 0. The van der Waals surface area contributed by atoms with E-state index in [0.29, 0.717) is 10.8 Å². The zero-order valence-electron chi connectivity index (χ0n) is 19.2. The number of carboxylic acid groups (broad SMARTS) is 2. The van der Waals surface area contributed by atoms with Gasteiger partial charge in [0.2, 0.25) is 0 Å². The van der Waals surface area contributed by atoms with Crippen LogP contribution in [0.25, 0.3) is 0 Å². The van der Waals surface area contributed by atoms with Gasteiger partial charge in [-0.25, -0.2) is 0 Å². The average molecular weight is 595 g/mol. The molecule has 0 aliphatic heterocycles. The minimum absolute atomic E-state index is 0.323. The van der Waals surface area contributed by atoms with Crippen molar-refractivity contribution in [3.05, 3.63) is 66.8 Å². The van der Waals surface area contributed by atoms with Gasteiger partial charge in [-0.3, -0.25) is 0 Å². The molecule has 0 aromatic heterocycles. The third-order valence-electron chi connectivity index (χ3n) is 4.25. The van der Waals surface area contributed by atoms with Crippen LogP contribution in [-0.2, 0) is 32.5 Å². The van der Waals surface area contributed by atoms with Gasteiger partial charge in [0.25, 0.3) is 0 Å². The molecule has 168 valence electrons. The summed E-state index contributed by atoms with van der Waals surface area (Å²) >= 11 is -0.825. The van der Waals surface area contributed by atoms with Gasteiger partial charge >= 0.3 is 130 Å². The molecule has 0 saturated carbocycles.